The third-order valence-electron chi connectivity index (χ3n) is 4.60. The Labute approximate surface area is 174 Å². The molecule has 0 saturated carbocycles. The summed E-state index contributed by atoms with van der Waals surface area (Å²) in [6, 6.07) is 7.39. The molecule has 9 heteroatoms. The first-order chi connectivity index (χ1) is 13.8. The van der Waals surface area contributed by atoms with Crippen molar-refractivity contribution in [1.29, 1.82) is 0 Å². The highest BCUT2D eigenvalue weighted by Crippen LogP contribution is 2.23. The Morgan fingerprint density at radius 3 is 2.79 bits per heavy atom. The number of carbonyl (C=O) groups excluding carboxylic acids is 1. The van der Waals surface area contributed by atoms with E-state index in [9.17, 15) is 9.59 Å². The van der Waals surface area contributed by atoms with Crippen molar-refractivity contribution in [3.63, 3.8) is 0 Å². The first-order valence-corrected chi connectivity index (χ1v) is 9.93. The SMILES string of the molecule is Cc1ccc2c(=O)n(CC(=O)Nc3cc(Br)c4ncnn4c3)nc(C(C)C)c2c1. The number of hydrogen-bond donors (Lipinski definition) is 1. The topological polar surface area (TPSA) is 94.2 Å². The van der Waals surface area contributed by atoms with Crippen LogP contribution in [-0.4, -0.2) is 30.3 Å². The van der Waals surface area contributed by atoms with Gasteiger partial charge in [-0.25, -0.2) is 14.2 Å². The number of benzene rings is 1. The van der Waals surface area contributed by atoms with Gasteiger partial charge in [0.1, 0.15) is 12.9 Å². The van der Waals surface area contributed by atoms with E-state index in [1.54, 1.807) is 22.8 Å². The number of nitrogens with one attached hydrogen (secondary N) is 1. The number of rotatable bonds is 4. The van der Waals surface area contributed by atoms with E-state index in [2.05, 4.69) is 36.4 Å². The van der Waals surface area contributed by atoms with Crippen LogP contribution < -0.4 is 10.9 Å². The summed E-state index contributed by atoms with van der Waals surface area (Å²) in [7, 11) is 0. The quantitative estimate of drug-likeness (QED) is 0.510. The Morgan fingerprint density at radius 1 is 1.24 bits per heavy atom. The van der Waals surface area contributed by atoms with Gasteiger partial charge in [-0.3, -0.25) is 9.59 Å². The fourth-order valence-corrected chi connectivity index (χ4v) is 3.78. The number of pyridine rings is 1. The van der Waals surface area contributed by atoms with Crippen LogP contribution >= 0.6 is 15.9 Å². The van der Waals surface area contributed by atoms with E-state index in [1.165, 1.54) is 11.0 Å². The van der Waals surface area contributed by atoms with Crippen molar-refractivity contribution in [2.45, 2.75) is 33.2 Å². The minimum Gasteiger partial charge on any atom is -0.323 e. The van der Waals surface area contributed by atoms with Gasteiger partial charge in [-0.2, -0.15) is 10.2 Å². The summed E-state index contributed by atoms with van der Waals surface area (Å²) in [5.74, 6) is -0.243. The smallest absolute Gasteiger partial charge is 0.275 e. The molecule has 0 spiro atoms. The first kappa shape index (κ1) is 19.3. The van der Waals surface area contributed by atoms with Crippen LogP contribution in [0.2, 0.25) is 0 Å². The lowest BCUT2D eigenvalue weighted by Gasteiger charge is -2.14. The molecule has 1 N–H and O–H groups in total. The third kappa shape index (κ3) is 3.65. The fraction of sp³-hybridized carbons (Fsp3) is 0.250. The molecule has 0 aliphatic rings. The molecule has 148 valence electrons. The third-order valence-corrected chi connectivity index (χ3v) is 5.18. The predicted octanol–water partition coefficient (Wildman–Crippen LogP) is 3.27. The molecular weight excluding hydrogens is 436 g/mol. The van der Waals surface area contributed by atoms with E-state index < -0.39 is 0 Å². The first-order valence-electron chi connectivity index (χ1n) is 9.13. The van der Waals surface area contributed by atoms with E-state index in [-0.39, 0.29) is 23.9 Å². The summed E-state index contributed by atoms with van der Waals surface area (Å²) in [4.78, 5) is 29.6. The number of aryl methyl sites for hydroxylation is 1. The van der Waals surface area contributed by atoms with Crippen LogP contribution in [0.3, 0.4) is 0 Å². The van der Waals surface area contributed by atoms with Crippen molar-refractivity contribution in [1.82, 2.24) is 24.4 Å². The van der Waals surface area contributed by atoms with E-state index in [1.807, 2.05) is 32.9 Å². The summed E-state index contributed by atoms with van der Waals surface area (Å²) < 4.78 is 3.48. The highest BCUT2D eigenvalue weighted by Gasteiger charge is 2.16. The molecule has 1 amide bonds. The zero-order valence-corrected chi connectivity index (χ0v) is 17.8. The van der Waals surface area contributed by atoms with Crippen LogP contribution in [0.5, 0.6) is 0 Å². The van der Waals surface area contributed by atoms with Crippen LogP contribution in [0.4, 0.5) is 5.69 Å². The van der Waals surface area contributed by atoms with Gasteiger partial charge in [-0.05, 0) is 47.0 Å². The predicted molar refractivity (Wildman–Crippen MR) is 114 cm³/mol. The Hall–Kier alpha value is -3.07. The van der Waals surface area contributed by atoms with Crippen LogP contribution in [0.15, 0.2) is 46.1 Å². The molecule has 4 rings (SSSR count). The molecule has 29 heavy (non-hydrogen) atoms. The summed E-state index contributed by atoms with van der Waals surface area (Å²) in [5, 5.41) is 12.8. The van der Waals surface area contributed by atoms with Crippen molar-refractivity contribution in [2.24, 2.45) is 0 Å². The van der Waals surface area contributed by atoms with Gasteiger partial charge in [0.2, 0.25) is 5.91 Å². The van der Waals surface area contributed by atoms with Gasteiger partial charge in [0.05, 0.1) is 27.4 Å². The maximum absolute atomic E-state index is 12.9. The molecule has 4 aromatic rings. The number of amides is 1. The van der Waals surface area contributed by atoms with Crippen molar-refractivity contribution in [3.8, 4) is 0 Å². The number of hydrogen-bond acceptors (Lipinski definition) is 5. The lowest BCUT2D eigenvalue weighted by molar-refractivity contribution is -0.117. The number of anilines is 1. The van der Waals surface area contributed by atoms with Crippen molar-refractivity contribution >= 4 is 43.9 Å². The summed E-state index contributed by atoms with van der Waals surface area (Å²) in [5.41, 5.74) is 2.75. The number of fused-ring (bicyclic) bond motifs is 2. The molecule has 3 heterocycles. The monoisotopic (exact) mass is 454 g/mol. The molecule has 0 bridgehead atoms. The number of nitrogens with zero attached hydrogens (tertiary/aromatic N) is 5. The minimum absolute atomic E-state index is 0.111. The number of carbonyl (C=O) groups is 1. The van der Waals surface area contributed by atoms with Crippen LogP contribution in [0.1, 0.15) is 31.0 Å². The molecule has 1 aromatic carbocycles. The lowest BCUT2D eigenvalue weighted by atomic mass is 10.0. The molecule has 0 aliphatic carbocycles. The zero-order valence-electron chi connectivity index (χ0n) is 16.2. The molecule has 8 nitrogen and oxygen atoms in total. The number of aromatic nitrogens is 5. The molecule has 3 aromatic heterocycles. The fourth-order valence-electron chi connectivity index (χ4n) is 3.25. The van der Waals surface area contributed by atoms with Crippen molar-refractivity contribution in [2.75, 3.05) is 5.32 Å². The molecule has 0 unspecified atom stereocenters. The largest absolute Gasteiger partial charge is 0.323 e. The Kier molecular flexibility index (Phi) is 4.91. The molecule has 0 fully saturated rings. The Balaban J connectivity index is 1.67. The van der Waals surface area contributed by atoms with Crippen LogP contribution in [0.25, 0.3) is 16.4 Å². The van der Waals surface area contributed by atoms with Crippen LogP contribution in [0, 0.1) is 6.92 Å². The molecule has 0 saturated heterocycles. The van der Waals surface area contributed by atoms with Gasteiger partial charge in [0.15, 0.2) is 5.65 Å². The van der Waals surface area contributed by atoms with Crippen molar-refractivity contribution < 1.29 is 4.79 Å². The van der Waals surface area contributed by atoms with Crippen molar-refractivity contribution in [3.05, 3.63) is 62.9 Å². The molecule has 0 radical (unpaired) electrons. The Morgan fingerprint density at radius 2 is 2.03 bits per heavy atom. The summed E-state index contributed by atoms with van der Waals surface area (Å²) in [6.45, 7) is 5.83. The second kappa shape index (κ2) is 7.40. The molecular formula is C20H19BrN6O2. The highest BCUT2D eigenvalue weighted by molar-refractivity contribution is 9.10. The zero-order chi connectivity index (χ0) is 20.7. The summed E-state index contributed by atoms with van der Waals surface area (Å²) in [6.07, 6.45) is 3.09. The maximum Gasteiger partial charge on any atom is 0.275 e. The molecule has 0 aliphatic heterocycles. The second-order valence-electron chi connectivity index (χ2n) is 7.20. The van der Waals surface area contributed by atoms with E-state index in [4.69, 9.17) is 0 Å². The summed E-state index contributed by atoms with van der Waals surface area (Å²) >= 11 is 3.41. The van der Waals surface area contributed by atoms with Gasteiger partial charge in [0, 0.05) is 5.39 Å². The Bertz CT molecular complexity index is 1310. The van der Waals surface area contributed by atoms with Gasteiger partial charge < -0.3 is 5.32 Å². The number of halogens is 1. The lowest BCUT2D eigenvalue weighted by Crippen LogP contribution is -2.31. The van der Waals surface area contributed by atoms with E-state index in [0.29, 0.717) is 21.2 Å². The minimum atomic E-state index is -0.355. The van der Waals surface area contributed by atoms with E-state index in [0.717, 1.165) is 16.6 Å². The van der Waals surface area contributed by atoms with Crippen LogP contribution in [-0.2, 0) is 11.3 Å². The maximum atomic E-state index is 12.9. The standard InChI is InChI=1S/C20H19BrN6O2/c1-11(2)18-15-6-12(3)4-5-14(15)20(29)27(25-18)9-17(28)24-13-7-16(21)19-22-10-23-26(19)8-13/h4-8,10-11H,9H2,1-3H3,(H,24,28). The average Bonchev–Trinajstić information content (AvgIpc) is 3.12. The van der Waals surface area contributed by atoms with Gasteiger partial charge in [-0.1, -0.05) is 25.5 Å². The van der Waals surface area contributed by atoms with E-state index >= 15 is 0 Å². The average molecular weight is 455 g/mol. The normalized spacial score (nSPS) is 11.5. The van der Waals surface area contributed by atoms with Gasteiger partial charge in [-0.15, -0.1) is 0 Å². The van der Waals surface area contributed by atoms with Gasteiger partial charge >= 0.3 is 0 Å². The highest BCUT2D eigenvalue weighted by atomic mass is 79.9. The van der Waals surface area contributed by atoms with Gasteiger partial charge in [0.25, 0.3) is 5.56 Å². The second-order valence-corrected chi connectivity index (χ2v) is 8.06. The molecule has 0 atom stereocenters.